The molecule has 2 aliphatic rings. The molecule has 0 bridgehead atoms. The van der Waals surface area contributed by atoms with Crippen molar-refractivity contribution in [3.63, 3.8) is 0 Å². The number of carbonyl (C=O) groups is 1. The van der Waals surface area contributed by atoms with E-state index in [2.05, 4.69) is 10.6 Å². The fraction of sp³-hybridized carbons (Fsp3) is 0.500. The number of anilines is 1. The largest absolute Gasteiger partial charge is 0.384 e. The molecule has 0 spiro atoms. The minimum atomic E-state index is -0.0642. The van der Waals surface area contributed by atoms with Gasteiger partial charge in [-0.3, -0.25) is 4.79 Å². The number of amides is 1. The second-order valence-corrected chi connectivity index (χ2v) is 4.83. The molecule has 0 radical (unpaired) electrons. The average molecular weight is 262 g/mol. The maximum Gasteiger partial charge on any atom is 0.251 e. The van der Waals surface area contributed by atoms with Gasteiger partial charge in [-0.25, -0.2) is 0 Å². The molecule has 1 aromatic carbocycles. The molecule has 5 heteroatoms. The summed E-state index contributed by atoms with van der Waals surface area (Å²) in [7, 11) is 0. The van der Waals surface area contributed by atoms with Crippen LogP contribution in [0, 0.1) is 0 Å². The van der Waals surface area contributed by atoms with Gasteiger partial charge in [0.2, 0.25) is 0 Å². The molecule has 1 unspecified atom stereocenters. The zero-order chi connectivity index (χ0) is 13.1. The Morgan fingerprint density at radius 3 is 3.21 bits per heavy atom. The highest BCUT2D eigenvalue weighted by Gasteiger charge is 2.17. The number of ether oxygens (including phenoxy) is 2. The maximum absolute atomic E-state index is 12.1. The standard InChI is InChI=1S/C14H18N2O3/c17-14(16-8-12-9-18-5-6-19-12)11-2-1-10-3-4-15-13(10)7-11/h1-2,7,12,15H,3-6,8-9H2,(H,16,17). The van der Waals surface area contributed by atoms with Crippen LogP contribution in [0.3, 0.4) is 0 Å². The first-order chi connectivity index (χ1) is 9.33. The Bertz CT molecular complexity index is 470. The van der Waals surface area contributed by atoms with E-state index in [0.29, 0.717) is 31.9 Å². The average Bonchev–Trinajstić information content (AvgIpc) is 2.93. The van der Waals surface area contributed by atoms with E-state index in [1.807, 2.05) is 18.2 Å². The minimum Gasteiger partial charge on any atom is -0.384 e. The Balaban J connectivity index is 1.57. The first-order valence-corrected chi connectivity index (χ1v) is 6.67. The molecular weight excluding hydrogens is 244 g/mol. The van der Waals surface area contributed by atoms with Crippen molar-refractivity contribution in [2.24, 2.45) is 0 Å². The predicted octanol–water partition coefficient (Wildman–Crippen LogP) is 0.800. The second-order valence-electron chi connectivity index (χ2n) is 4.83. The van der Waals surface area contributed by atoms with E-state index in [9.17, 15) is 4.79 Å². The number of hydrogen-bond acceptors (Lipinski definition) is 4. The normalized spacial score (nSPS) is 21.6. The molecule has 0 aliphatic carbocycles. The maximum atomic E-state index is 12.1. The van der Waals surface area contributed by atoms with Crippen molar-refractivity contribution in [1.82, 2.24) is 5.32 Å². The monoisotopic (exact) mass is 262 g/mol. The van der Waals surface area contributed by atoms with Gasteiger partial charge in [0.25, 0.3) is 5.91 Å². The highest BCUT2D eigenvalue weighted by atomic mass is 16.6. The van der Waals surface area contributed by atoms with E-state index < -0.39 is 0 Å². The Morgan fingerprint density at radius 2 is 2.37 bits per heavy atom. The van der Waals surface area contributed by atoms with E-state index in [-0.39, 0.29) is 12.0 Å². The third-order valence-electron chi connectivity index (χ3n) is 3.46. The van der Waals surface area contributed by atoms with Crippen molar-refractivity contribution >= 4 is 11.6 Å². The number of nitrogens with one attached hydrogen (secondary N) is 2. The Hall–Kier alpha value is -1.59. The van der Waals surface area contributed by atoms with E-state index in [1.54, 1.807) is 0 Å². The summed E-state index contributed by atoms with van der Waals surface area (Å²) < 4.78 is 10.8. The van der Waals surface area contributed by atoms with Crippen LogP contribution in [-0.2, 0) is 15.9 Å². The zero-order valence-electron chi connectivity index (χ0n) is 10.8. The lowest BCUT2D eigenvalue weighted by atomic mass is 10.1. The van der Waals surface area contributed by atoms with E-state index in [1.165, 1.54) is 5.56 Å². The molecule has 0 saturated carbocycles. The van der Waals surface area contributed by atoms with Crippen molar-refractivity contribution in [2.75, 3.05) is 38.2 Å². The molecule has 2 heterocycles. The molecule has 5 nitrogen and oxygen atoms in total. The summed E-state index contributed by atoms with van der Waals surface area (Å²) in [6, 6.07) is 5.81. The Morgan fingerprint density at radius 1 is 1.42 bits per heavy atom. The van der Waals surface area contributed by atoms with Crippen molar-refractivity contribution in [1.29, 1.82) is 0 Å². The summed E-state index contributed by atoms with van der Waals surface area (Å²) >= 11 is 0. The van der Waals surface area contributed by atoms with Crippen LogP contribution in [0.1, 0.15) is 15.9 Å². The van der Waals surface area contributed by atoms with Gasteiger partial charge in [-0.15, -0.1) is 0 Å². The van der Waals surface area contributed by atoms with Crippen molar-refractivity contribution in [3.8, 4) is 0 Å². The van der Waals surface area contributed by atoms with Gasteiger partial charge in [0, 0.05) is 24.3 Å². The van der Waals surface area contributed by atoms with Gasteiger partial charge in [0.1, 0.15) is 0 Å². The van der Waals surface area contributed by atoms with E-state index >= 15 is 0 Å². The summed E-state index contributed by atoms with van der Waals surface area (Å²) in [5.74, 6) is -0.0642. The molecule has 19 heavy (non-hydrogen) atoms. The molecule has 1 fully saturated rings. The van der Waals surface area contributed by atoms with Crippen LogP contribution in [0.2, 0.25) is 0 Å². The van der Waals surface area contributed by atoms with Crippen LogP contribution in [0.15, 0.2) is 18.2 Å². The van der Waals surface area contributed by atoms with Gasteiger partial charge in [-0.2, -0.15) is 0 Å². The summed E-state index contributed by atoms with van der Waals surface area (Å²) in [5, 5.41) is 6.16. The predicted molar refractivity (Wildman–Crippen MR) is 71.5 cm³/mol. The molecule has 1 aromatic rings. The lowest BCUT2D eigenvalue weighted by Gasteiger charge is -2.23. The first-order valence-electron chi connectivity index (χ1n) is 6.67. The van der Waals surface area contributed by atoms with Crippen molar-refractivity contribution < 1.29 is 14.3 Å². The van der Waals surface area contributed by atoms with E-state index in [4.69, 9.17) is 9.47 Å². The van der Waals surface area contributed by atoms with Crippen LogP contribution in [-0.4, -0.2) is 44.9 Å². The van der Waals surface area contributed by atoms with Crippen molar-refractivity contribution in [2.45, 2.75) is 12.5 Å². The molecule has 1 saturated heterocycles. The number of benzene rings is 1. The van der Waals surface area contributed by atoms with E-state index in [0.717, 1.165) is 18.7 Å². The molecule has 3 rings (SSSR count). The van der Waals surface area contributed by atoms with Crippen LogP contribution >= 0.6 is 0 Å². The Kier molecular flexibility index (Phi) is 3.66. The SMILES string of the molecule is O=C(NCC1COCCO1)c1ccc2c(c1)NCC2. The molecule has 102 valence electrons. The van der Waals surface area contributed by atoms with Crippen LogP contribution in [0.25, 0.3) is 0 Å². The highest BCUT2D eigenvalue weighted by Crippen LogP contribution is 2.23. The van der Waals surface area contributed by atoms with Gasteiger partial charge in [-0.1, -0.05) is 6.07 Å². The lowest BCUT2D eigenvalue weighted by molar-refractivity contribution is -0.0855. The third kappa shape index (κ3) is 2.88. The number of rotatable bonds is 3. The molecule has 2 aliphatic heterocycles. The van der Waals surface area contributed by atoms with Crippen LogP contribution in [0.5, 0.6) is 0 Å². The first kappa shape index (κ1) is 12.4. The van der Waals surface area contributed by atoms with Gasteiger partial charge in [0.05, 0.1) is 25.9 Å². The van der Waals surface area contributed by atoms with Gasteiger partial charge < -0.3 is 20.1 Å². The fourth-order valence-corrected chi connectivity index (χ4v) is 2.40. The highest BCUT2D eigenvalue weighted by molar-refractivity contribution is 5.95. The second kappa shape index (κ2) is 5.59. The molecule has 1 atom stereocenters. The summed E-state index contributed by atoms with van der Waals surface area (Å²) in [6.07, 6.45) is 0.995. The molecule has 2 N–H and O–H groups in total. The van der Waals surface area contributed by atoms with Crippen LogP contribution in [0.4, 0.5) is 5.69 Å². The summed E-state index contributed by atoms with van der Waals surface area (Å²) in [5.41, 5.74) is 3.04. The Labute approximate surface area is 112 Å². The summed E-state index contributed by atoms with van der Waals surface area (Å²) in [6.45, 7) is 3.23. The molecular formula is C14H18N2O3. The number of hydrogen-bond donors (Lipinski definition) is 2. The lowest BCUT2D eigenvalue weighted by Crippen LogP contribution is -2.39. The molecule has 1 amide bonds. The smallest absolute Gasteiger partial charge is 0.251 e. The topological polar surface area (TPSA) is 59.6 Å². The molecule has 0 aromatic heterocycles. The quantitative estimate of drug-likeness (QED) is 0.846. The number of fused-ring (bicyclic) bond motifs is 1. The fourth-order valence-electron chi connectivity index (χ4n) is 2.40. The van der Waals surface area contributed by atoms with Crippen LogP contribution < -0.4 is 10.6 Å². The van der Waals surface area contributed by atoms with Crippen molar-refractivity contribution in [3.05, 3.63) is 29.3 Å². The number of carbonyl (C=O) groups excluding carboxylic acids is 1. The summed E-state index contributed by atoms with van der Waals surface area (Å²) in [4.78, 5) is 12.1. The van der Waals surface area contributed by atoms with Gasteiger partial charge in [0.15, 0.2) is 0 Å². The zero-order valence-corrected chi connectivity index (χ0v) is 10.8. The van der Waals surface area contributed by atoms with Gasteiger partial charge in [-0.05, 0) is 24.1 Å². The third-order valence-corrected chi connectivity index (χ3v) is 3.46. The minimum absolute atomic E-state index is 0.0368. The van der Waals surface area contributed by atoms with Gasteiger partial charge >= 0.3 is 0 Å².